The van der Waals surface area contributed by atoms with Gasteiger partial charge in [-0.25, -0.2) is 13.2 Å². The number of ketones is 1. The van der Waals surface area contributed by atoms with Crippen molar-refractivity contribution in [3.63, 3.8) is 0 Å². The fraction of sp³-hybridized carbons (Fsp3) is 0.400. The van der Waals surface area contributed by atoms with Gasteiger partial charge in [-0.05, 0) is 6.08 Å². The average Bonchev–Trinajstić information content (AvgIpc) is 2.65. The summed E-state index contributed by atoms with van der Waals surface area (Å²) in [6, 6.07) is 0. The van der Waals surface area contributed by atoms with Crippen molar-refractivity contribution in [2.24, 2.45) is 0 Å². The summed E-state index contributed by atoms with van der Waals surface area (Å²) in [5, 5.41) is -4.54. The van der Waals surface area contributed by atoms with Gasteiger partial charge in [-0.15, -0.1) is 0 Å². The first-order valence-corrected chi connectivity index (χ1v) is 7.99. The smallest absolute Gasteiger partial charge is 0.293 e. The molecule has 0 unspecified atom stereocenters. The molecule has 0 bridgehead atoms. The Labute approximate surface area is 172 Å². The molecule has 0 aromatic heterocycles. The molecule has 1 aromatic rings. The lowest BCUT2D eigenvalue weighted by molar-refractivity contribution is -0.463. The van der Waals surface area contributed by atoms with Crippen LogP contribution in [0, 0.1) is 17.5 Å². The molecule has 1 saturated carbocycles. The summed E-state index contributed by atoms with van der Waals surface area (Å²) in [6.07, 6.45) is -0.776. The Bertz CT molecular complexity index is 927. The van der Waals surface area contributed by atoms with Gasteiger partial charge < -0.3 is 0 Å². The molecule has 0 N–H and O–H groups in total. The minimum Gasteiger partial charge on any atom is -0.293 e. The number of halogens is 15. The third-order valence-electron chi connectivity index (χ3n) is 4.66. The van der Waals surface area contributed by atoms with Crippen LogP contribution >= 0.6 is 23.2 Å². The highest BCUT2D eigenvalue weighted by atomic mass is 35.5. The van der Waals surface area contributed by atoms with Crippen molar-refractivity contribution in [1.82, 2.24) is 0 Å². The monoisotopic (exact) mass is 516 g/mol. The number of benzene rings is 1. The largest absolute Gasteiger partial charge is 0.384 e. The van der Waals surface area contributed by atoms with Crippen molar-refractivity contribution < 1.29 is 61.9 Å². The quantitative estimate of drug-likeness (QED) is 0.191. The molecule has 2 rings (SSSR count). The van der Waals surface area contributed by atoms with E-state index in [9.17, 15) is 61.9 Å². The summed E-state index contributed by atoms with van der Waals surface area (Å²) in [4.78, 5) is 12.0. The van der Waals surface area contributed by atoms with E-state index in [1.165, 1.54) is 0 Å². The van der Waals surface area contributed by atoms with Crippen LogP contribution in [-0.4, -0.2) is 35.4 Å². The van der Waals surface area contributed by atoms with Gasteiger partial charge in [0.2, 0.25) is 5.41 Å². The average molecular weight is 517 g/mol. The van der Waals surface area contributed by atoms with Crippen LogP contribution in [0.3, 0.4) is 0 Å². The number of carbonyl (C=O) groups is 1. The van der Waals surface area contributed by atoms with Crippen molar-refractivity contribution >= 4 is 29.0 Å². The minimum absolute atomic E-state index is 0.776. The van der Waals surface area contributed by atoms with Crippen LogP contribution in [0.25, 0.3) is 0 Å². The zero-order chi connectivity index (χ0) is 24.7. The van der Waals surface area contributed by atoms with Crippen LogP contribution in [0.5, 0.6) is 0 Å². The molecule has 0 amide bonds. The van der Waals surface area contributed by atoms with Gasteiger partial charge in [-0.2, -0.15) is 43.9 Å². The van der Waals surface area contributed by atoms with E-state index >= 15 is 0 Å². The van der Waals surface area contributed by atoms with Gasteiger partial charge in [0.25, 0.3) is 0 Å². The van der Waals surface area contributed by atoms with E-state index < -0.39 is 79.9 Å². The molecule has 0 saturated heterocycles. The number of rotatable bonds is 3. The molecular formula is C15H3Cl2F13O. The molecule has 0 atom stereocenters. The second-order valence-corrected chi connectivity index (χ2v) is 6.89. The summed E-state index contributed by atoms with van der Waals surface area (Å²) < 4.78 is 184. The number of hydrogen-bond donors (Lipinski definition) is 0. The van der Waals surface area contributed by atoms with E-state index in [1.807, 2.05) is 0 Å². The van der Waals surface area contributed by atoms with Crippen molar-refractivity contribution in [1.29, 1.82) is 0 Å². The summed E-state index contributed by atoms with van der Waals surface area (Å²) in [5.41, 5.74) is -9.83. The minimum atomic E-state index is -7.56. The summed E-state index contributed by atoms with van der Waals surface area (Å²) in [5.74, 6) is -49.4. The van der Waals surface area contributed by atoms with E-state index in [2.05, 4.69) is 6.58 Å². The van der Waals surface area contributed by atoms with Crippen LogP contribution in [0.4, 0.5) is 57.1 Å². The van der Waals surface area contributed by atoms with Gasteiger partial charge >= 0.3 is 29.6 Å². The Morgan fingerprint density at radius 2 is 0.935 bits per heavy atom. The highest BCUT2D eigenvalue weighted by Crippen LogP contribution is 2.72. The first kappa shape index (κ1) is 25.6. The second-order valence-electron chi connectivity index (χ2n) is 6.14. The van der Waals surface area contributed by atoms with E-state index in [4.69, 9.17) is 23.2 Å². The third-order valence-corrected chi connectivity index (χ3v) is 5.32. The molecule has 0 spiro atoms. The van der Waals surface area contributed by atoms with Gasteiger partial charge in [0, 0.05) is 0 Å². The Morgan fingerprint density at radius 1 is 0.645 bits per heavy atom. The van der Waals surface area contributed by atoms with Gasteiger partial charge in [0.05, 0.1) is 5.56 Å². The normalized spacial score (nSPS) is 24.5. The summed E-state index contributed by atoms with van der Waals surface area (Å²) in [7, 11) is 0. The standard InChI is InChI=1S/C15H3Cl2F13O/c1-2-3(31)10(4-7(18)5(16)9(20)6(17)8(4)19)11(21,22)13(25,26)15(29,30)14(27,28)12(10,23)24/h2H,1H2. The Morgan fingerprint density at radius 3 is 1.23 bits per heavy atom. The van der Waals surface area contributed by atoms with E-state index in [0.29, 0.717) is 0 Å². The molecule has 0 heterocycles. The zero-order valence-corrected chi connectivity index (χ0v) is 15.4. The Hall–Kier alpha value is -1.70. The maximum Gasteiger partial charge on any atom is 0.384 e. The third kappa shape index (κ3) is 2.40. The van der Waals surface area contributed by atoms with Crippen molar-refractivity contribution in [2.45, 2.75) is 35.0 Å². The molecular weight excluding hydrogens is 514 g/mol. The molecule has 31 heavy (non-hydrogen) atoms. The second kappa shape index (κ2) is 6.65. The lowest BCUT2D eigenvalue weighted by Gasteiger charge is -2.55. The van der Waals surface area contributed by atoms with Crippen molar-refractivity contribution in [3.05, 3.63) is 45.7 Å². The lowest BCUT2D eigenvalue weighted by atomic mass is 9.57. The fourth-order valence-corrected chi connectivity index (χ4v) is 3.52. The number of hydrogen-bond acceptors (Lipinski definition) is 1. The van der Waals surface area contributed by atoms with Crippen LogP contribution in [0.1, 0.15) is 5.56 Å². The summed E-state index contributed by atoms with van der Waals surface area (Å²) in [6.45, 7) is 2.31. The maximum atomic E-state index is 14.7. The van der Waals surface area contributed by atoms with Crippen LogP contribution in [0.15, 0.2) is 12.7 Å². The van der Waals surface area contributed by atoms with Gasteiger partial charge in [-0.1, -0.05) is 29.8 Å². The molecule has 174 valence electrons. The predicted molar refractivity (Wildman–Crippen MR) is 78.0 cm³/mol. The molecule has 0 radical (unpaired) electrons. The lowest BCUT2D eigenvalue weighted by Crippen LogP contribution is -2.85. The fourth-order valence-electron chi connectivity index (χ4n) is 3.09. The maximum absolute atomic E-state index is 14.7. The van der Waals surface area contributed by atoms with Gasteiger partial charge in [-0.3, -0.25) is 4.79 Å². The SMILES string of the molecule is C=CC(=O)C1(c2c(F)c(Cl)c(F)c(Cl)c2F)C(F)(F)C(F)(F)C(F)(F)C(F)(F)C1(F)F. The first-order chi connectivity index (χ1) is 13.7. The topological polar surface area (TPSA) is 17.1 Å². The number of alkyl halides is 10. The Kier molecular flexibility index (Phi) is 5.49. The van der Waals surface area contributed by atoms with Crippen LogP contribution < -0.4 is 0 Å². The van der Waals surface area contributed by atoms with Crippen LogP contribution in [-0.2, 0) is 10.2 Å². The number of carbonyl (C=O) groups excluding carboxylic acids is 1. The van der Waals surface area contributed by atoms with Crippen LogP contribution in [0.2, 0.25) is 10.0 Å². The Balaban J connectivity index is 3.36. The van der Waals surface area contributed by atoms with Gasteiger partial charge in [0.15, 0.2) is 23.2 Å². The highest BCUT2D eigenvalue weighted by Gasteiger charge is 3.01. The molecule has 1 aromatic carbocycles. The van der Waals surface area contributed by atoms with Gasteiger partial charge in [0.1, 0.15) is 10.0 Å². The highest BCUT2D eigenvalue weighted by molar-refractivity contribution is 6.35. The predicted octanol–water partition coefficient (Wildman–Crippen LogP) is 6.59. The van der Waals surface area contributed by atoms with E-state index in [-0.39, 0.29) is 0 Å². The molecule has 1 aliphatic carbocycles. The number of allylic oxidation sites excluding steroid dienone is 1. The van der Waals surface area contributed by atoms with E-state index in [1.54, 1.807) is 0 Å². The summed E-state index contributed by atoms with van der Waals surface area (Å²) >= 11 is 9.84. The molecule has 16 heteroatoms. The van der Waals surface area contributed by atoms with Crippen molar-refractivity contribution in [3.8, 4) is 0 Å². The molecule has 0 aliphatic heterocycles. The van der Waals surface area contributed by atoms with E-state index in [0.717, 1.165) is 0 Å². The van der Waals surface area contributed by atoms with Crippen molar-refractivity contribution in [2.75, 3.05) is 0 Å². The zero-order valence-electron chi connectivity index (χ0n) is 13.9. The molecule has 1 aliphatic rings. The molecule has 1 nitrogen and oxygen atoms in total. The first-order valence-electron chi connectivity index (χ1n) is 7.24. The molecule has 1 fully saturated rings.